The number of benzene rings is 2. The summed E-state index contributed by atoms with van der Waals surface area (Å²) >= 11 is 1.13. The van der Waals surface area contributed by atoms with Crippen molar-refractivity contribution in [2.75, 3.05) is 50.0 Å². The average Bonchev–Trinajstić information content (AvgIpc) is 3.22. The number of ether oxygens (including phenoxy) is 1. The van der Waals surface area contributed by atoms with Crippen LogP contribution >= 0.6 is 11.3 Å². The molecule has 1 saturated heterocycles. The number of hydrogen-bond acceptors (Lipinski definition) is 7. The monoisotopic (exact) mass is 495 g/mol. The first-order valence-corrected chi connectivity index (χ1v) is 12.9. The third kappa shape index (κ3) is 5.72. The Balaban J connectivity index is 1.55. The Labute approximate surface area is 194 Å². The number of carbonyl (C=O) groups excluding carboxylic acids is 1. The number of amides is 1. The molecule has 0 spiro atoms. The van der Waals surface area contributed by atoms with Gasteiger partial charge in [0.2, 0.25) is 5.91 Å². The predicted molar refractivity (Wildman–Crippen MR) is 122 cm³/mol. The van der Waals surface area contributed by atoms with Crippen LogP contribution in [0.3, 0.4) is 0 Å². The molecule has 33 heavy (non-hydrogen) atoms. The minimum atomic E-state index is -4.00. The summed E-state index contributed by atoms with van der Waals surface area (Å²) in [7, 11) is -4.00. The van der Waals surface area contributed by atoms with Gasteiger partial charge in [-0.3, -0.25) is 14.6 Å². The number of carbonyl (C=O) groups is 1. The molecule has 1 aliphatic heterocycles. The molecule has 0 N–H and O–H groups in total. The van der Waals surface area contributed by atoms with Gasteiger partial charge in [-0.05, 0) is 42.8 Å². The lowest BCUT2D eigenvalue weighted by atomic mass is 10.3. The van der Waals surface area contributed by atoms with E-state index in [-0.39, 0.29) is 22.1 Å². The van der Waals surface area contributed by atoms with Crippen LogP contribution in [0, 0.1) is 11.6 Å². The van der Waals surface area contributed by atoms with Crippen LogP contribution in [0.15, 0.2) is 47.4 Å². The standard InChI is InChI=1S/C22H23F2N3O4S2/c23-16-5-7-17(8-6-16)33(29,30)15-20(28)27(10-2-9-26-11-13-31-14-12-26)22-25-21-18(24)3-1-4-19(21)32-22/h1,3-8H,2,9-15H2. The first kappa shape index (κ1) is 23.7. The molecule has 11 heteroatoms. The van der Waals surface area contributed by atoms with E-state index in [1.54, 1.807) is 12.1 Å². The number of nitrogens with zero attached hydrogens (tertiary/aromatic N) is 3. The van der Waals surface area contributed by atoms with E-state index >= 15 is 0 Å². The number of aromatic nitrogens is 1. The van der Waals surface area contributed by atoms with Crippen molar-refractivity contribution in [1.29, 1.82) is 0 Å². The highest BCUT2D eigenvalue weighted by atomic mass is 32.2. The molecule has 3 aromatic rings. The van der Waals surface area contributed by atoms with E-state index in [2.05, 4.69) is 9.88 Å². The third-order valence-corrected chi connectivity index (χ3v) is 8.00. The Morgan fingerprint density at radius 2 is 1.85 bits per heavy atom. The van der Waals surface area contributed by atoms with E-state index in [1.807, 2.05) is 0 Å². The van der Waals surface area contributed by atoms with Crippen molar-refractivity contribution in [2.24, 2.45) is 0 Å². The van der Waals surface area contributed by atoms with Crippen LogP contribution in [0.5, 0.6) is 0 Å². The van der Waals surface area contributed by atoms with E-state index in [9.17, 15) is 22.0 Å². The van der Waals surface area contributed by atoms with E-state index in [0.717, 1.165) is 48.7 Å². The molecule has 0 saturated carbocycles. The van der Waals surface area contributed by atoms with Crippen LogP contribution in [0.1, 0.15) is 6.42 Å². The molecule has 7 nitrogen and oxygen atoms in total. The fourth-order valence-electron chi connectivity index (χ4n) is 3.59. The Kier molecular flexibility index (Phi) is 7.32. The second-order valence-electron chi connectivity index (χ2n) is 7.65. The molecule has 1 fully saturated rings. The zero-order chi connectivity index (χ0) is 23.4. The number of fused-ring (bicyclic) bond motifs is 1. The third-order valence-electron chi connectivity index (χ3n) is 5.34. The molecule has 4 rings (SSSR count). The molecule has 0 atom stereocenters. The number of halogens is 2. The highest BCUT2D eigenvalue weighted by molar-refractivity contribution is 7.92. The Bertz CT molecular complexity index is 1230. The Morgan fingerprint density at radius 1 is 1.12 bits per heavy atom. The van der Waals surface area contributed by atoms with Crippen LogP contribution in [-0.4, -0.2) is 69.4 Å². The highest BCUT2D eigenvalue weighted by Gasteiger charge is 2.27. The Morgan fingerprint density at radius 3 is 2.55 bits per heavy atom. The van der Waals surface area contributed by atoms with Gasteiger partial charge in [-0.15, -0.1) is 0 Å². The summed E-state index contributed by atoms with van der Waals surface area (Å²) in [5, 5.41) is 0.247. The SMILES string of the molecule is O=C(CS(=O)(=O)c1ccc(F)cc1)N(CCCN1CCOCC1)c1nc2c(F)cccc2s1. The maximum atomic E-state index is 14.2. The van der Waals surface area contributed by atoms with Crippen molar-refractivity contribution in [3.63, 3.8) is 0 Å². The van der Waals surface area contributed by atoms with Crippen LogP contribution in [-0.2, 0) is 19.4 Å². The number of morpholine rings is 1. The summed E-state index contributed by atoms with van der Waals surface area (Å²) in [6.07, 6.45) is 0.584. The lowest BCUT2D eigenvalue weighted by molar-refractivity contribution is -0.116. The van der Waals surface area contributed by atoms with Gasteiger partial charge in [-0.2, -0.15) is 0 Å². The number of thiazole rings is 1. The Hall–Kier alpha value is -2.47. The van der Waals surface area contributed by atoms with Gasteiger partial charge in [0.15, 0.2) is 15.0 Å². The zero-order valence-corrected chi connectivity index (χ0v) is 19.4. The number of anilines is 1. The minimum Gasteiger partial charge on any atom is -0.379 e. The fraction of sp³-hybridized carbons (Fsp3) is 0.364. The average molecular weight is 496 g/mol. The molecule has 2 heterocycles. The van der Waals surface area contributed by atoms with Crippen molar-refractivity contribution in [3.05, 3.63) is 54.1 Å². The van der Waals surface area contributed by atoms with E-state index in [0.29, 0.717) is 30.9 Å². The van der Waals surface area contributed by atoms with Gasteiger partial charge in [-0.1, -0.05) is 17.4 Å². The topological polar surface area (TPSA) is 79.8 Å². The lowest BCUT2D eigenvalue weighted by Gasteiger charge is -2.27. The van der Waals surface area contributed by atoms with E-state index in [4.69, 9.17) is 4.74 Å². The van der Waals surface area contributed by atoms with Gasteiger partial charge in [0, 0.05) is 26.2 Å². The summed E-state index contributed by atoms with van der Waals surface area (Å²) < 4.78 is 58.8. The van der Waals surface area contributed by atoms with Crippen molar-refractivity contribution in [3.8, 4) is 0 Å². The maximum absolute atomic E-state index is 14.2. The first-order chi connectivity index (χ1) is 15.8. The van der Waals surface area contributed by atoms with Crippen LogP contribution in [0.2, 0.25) is 0 Å². The predicted octanol–water partition coefficient (Wildman–Crippen LogP) is 3.10. The summed E-state index contributed by atoms with van der Waals surface area (Å²) in [6, 6.07) is 8.88. The number of hydrogen-bond donors (Lipinski definition) is 0. The fourth-order valence-corrected chi connectivity index (χ4v) is 5.81. The van der Waals surface area contributed by atoms with Crippen LogP contribution in [0.25, 0.3) is 10.2 Å². The zero-order valence-electron chi connectivity index (χ0n) is 17.7. The van der Waals surface area contributed by atoms with Crippen molar-refractivity contribution in [2.45, 2.75) is 11.3 Å². The van der Waals surface area contributed by atoms with Gasteiger partial charge >= 0.3 is 0 Å². The van der Waals surface area contributed by atoms with Gasteiger partial charge in [-0.25, -0.2) is 22.2 Å². The summed E-state index contributed by atoms with van der Waals surface area (Å²) in [5.74, 6) is -2.54. The van der Waals surface area contributed by atoms with E-state index < -0.39 is 33.1 Å². The second kappa shape index (κ2) is 10.2. The molecule has 0 unspecified atom stereocenters. The number of sulfone groups is 1. The quantitative estimate of drug-likeness (QED) is 0.447. The van der Waals surface area contributed by atoms with Crippen molar-refractivity contribution >= 4 is 42.4 Å². The molecule has 2 aromatic carbocycles. The van der Waals surface area contributed by atoms with Gasteiger partial charge in [0.05, 0.1) is 22.8 Å². The van der Waals surface area contributed by atoms with Crippen molar-refractivity contribution in [1.82, 2.24) is 9.88 Å². The highest BCUT2D eigenvalue weighted by Crippen LogP contribution is 2.31. The van der Waals surface area contributed by atoms with Gasteiger partial charge in [0.25, 0.3) is 0 Å². The largest absolute Gasteiger partial charge is 0.379 e. The first-order valence-electron chi connectivity index (χ1n) is 10.5. The number of para-hydroxylation sites is 1. The molecule has 0 aliphatic carbocycles. The number of rotatable bonds is 8. The summed E-state index contributed by atoms with van der Waals surface area (Å²) in [5.41, 5.74) is 0.143. The van der Waals surface area contributed by atoms with Crippen molar-refractivity contribution < 1.29 is 26.7 Å². The molecule has 176 valence electrons. The van der Waals surface area contributed by atoms with Crippen LogP contribution in [0.4, 0.5) is 13.9 Å². The normalized spacial score (nSPS) is 15.1. The molecule has 1 amide bonds. The van der Waals surface area contributed by atoms with E-state index in [1.165, 1.54) is 11.0 Å². The second-order valence-corrected chi connectivity index (χ2v) is 10.6. The minimum absolute atomic E-state index is 0.138. The molecule has 1 aliphatic rings. The molecular formula is C22H23F2N3O4S2. The molecular weight excluding hydrogens is 472 g/mol. The lowest BCUT2D eigenvalue weighted by Crippen LogP contribution is -2.40. The maximum Gasteiger partial charge on any atom is 0.244 e. The molecule has 0 bridgehead atoms. The smallest absolute Gasteiger partial charge is 0.244 e. The van der Waals surface area contributed by atoms with Gasteiger partial charge in [0.1, 0.15) is 22.9 Å². The summed E-state index contributed by atoms with van der Waals surface area (Å²) in [4.78, 5) is 20.8. The van der Waals surface area contributed by atoms with Crippen LogP contribution < -0.4 is 4.90 Å². The molecule has 1 aromatic heterocycles. The summed E-state index contributed by atoms with van der Waals surface area (Å²) in [6.45, 7) is 3.82. The molecule has 0 radical (unpaired) electrons. The van der Waals surface area contributed by atoms with Gasteiger partial charge < -0.3 is 4.74 Å².